The predicted octanol–water partition coefficient (Wildman–Crippen LogP) is 1.77. The molecule has 2 saturated heterocycles. The van der Waals surface area contributed by atoms with Crippen LogP contribution >= 0.6 is 11.6 Å². The molecular formula is C14H14ClN5O2. The zero-order valence-electron chi connectivity index (χ0n) is 11.6. The predicted molar refractivity (Wildman–Crippen MR) is 81.1 cm³/mol. The summed E-state index contributed by atoms with van der Waals surface area (Å²) in [6.07, 6.45) is 1.83. The van der Waals surface area contributed by atoms with Crippen molar-refractivity contribution in [1.29, 1.82) is 0 Å². The zero-order valence-corrected chi connectivity index (χ0v) is 12.4. The summed E-state index contributed by atoms with van der Waals surface area (Å²) in [6, 6.07) is 3.58. The van der Waals surface area contributed by atoms with E-state index in [9.17, 15) is 4.79 Å². The second-order valence-electron chi connectivity index (χ2n) is 5.84. The van der Waals surface area contributed by atoms with Crippen LogP contribution in [0.5, 0.6) is 0 Å². The molecule has 22 heavy (non-hydrogen) atoms. The summed E-state index contributed by atoms with van der Waals surface area (Å²) in [6.45, 7) is 1.59. The molecule has 3 atom stereocenters. The average Bonchev–Trinajstić information content (AvgIpc) is 2.52. The second-order valence-corrected chi connectivity index (χ2v) is 6.23. The van der Waals surface area contributed by atoms with E-state index in [1.807, 2.05) is 0 Å². The molecule has 0 spiro atoms. The molecule has 114 valence electrons. The molecular weight excluding hydrogens is 306 g/mol. The van der Waals surface area contributed by atoms with Crippen LogP contribution in [-0.2, 0) is 0 Å². The minimum Gasteiger partial charge on any atom is -0.465 e. The first-order valence-electron chi connectivity index (χ1n) is 7.14. The number of rotatable bonds is 2. The summed E-state index contributed by atoms with van der Waals surface area (Å²) in [5, 5.41) is 11.9. The maximum Gasteiger partial charge on any atom is 0.404 e. The molecule has 1 saturated carbocycles. The van der Waals surface area contributed by atoms with Gasteiger partial charge >= 0.3 is 6.09 Å². The summed E-state index contributed by atoms with van der Waals surface area (Å²) < 4.78 is 0. The standard InChI is InChI=1S/C14H14ClN5O2/c15-10-2-1-9-13(18-10)16-4-11(17-9)20-5-7-3-8(6-20)12(7)19-14(21)22/h1-2,4,7-8,12,19H,3,5-6H2,(H,21,22)/t7-,8+,12+. The molecule has 0 unspecified atom stereocenters. The number of piperidine rings is 2. The fraction of sp³-hybridized carbons (Fsp3) is 0.429. The number of halogens is 1. The van der Waals surface area contributed by atoms with Gasteiger partial charge in [-0.05, 0) is 30.4 Å². The first kappa shape index (κ1) is 13.5. The Hall–Kier alpha value is -2.15. The Bertz CT molecular complexity index is 743. The Morgan fingerprint density at radius 3 is 2.82 bits per heavy atom. The fourth-order valence-corrected chi connectivity index (χ4v) is 3.62. The number of amides is 1. The smallest absolute Gasteiger partial charge is 0.404 e. The molecule has 3 fully saturated rings. The Kier molecular flexibility index (Phi) is 3.04. The second kappa shape index (κ2) is 4.95. The maximum atomic E-state index is 10.8. The lowest BCUT2D eigenvalue weighted by Gasteiger charge is -2.53. The van der Waals surface area contributed by atoms with Crippen molar-refractivity contribution in [1.82, 2.24) is 20.3 Å². The molecule has 4 heterocycles. The normalized spacial score (nSPS) is 26.6. The number of anilines is 1. The Morgan fingerprint density at radius 1 is 1.32 bits per heavy atom. The van der Waals surface area contributed by atoms with Gasteiger partial charge in [0.25, 0.3) is 0 Å². The van der Waals surface area contributed by atoms with E-state index in [0.29, 0.717) is 28.2 Å². The van der Waals surface area contributed by atoms with Gasteiger partial charge in [0.15, 0.2) is 5.65 Å². The van der Waals surface area contributed by atoms with Crippen molar-refractivity contribution in [3.8, 4) is 0 Å². The van der Waals surface area contributed by atoms with Gasteiger partial charge in [0, 0.05) is 19.1 Å². The van der Waals surface area contributed by atoms with Gasteiger partial charge in [-0.1, -0.05) is 11.6 Å². The largest absolute Gasteiger partial charge is 0.465 e. The van der Waals surface area contributed by atoms with Crippen molar-refractivity contribution < 1.29 is 9.90 Å². The number of carbonyl (C=O) groups is 1. The van der Waals surface area contributed by atoms with Gasteiger partial charge < -0.3 is 15.3 Å². The number of nitrogens with one attached hydrogen (secondary N) is 1. The van der Waals surface area contributed by atoms with Crippen LogP contribution in [0.3, 0.4) is 0 Å². The third-order valence-electron chi connectivity index (χ3n) is 4.50. The Labute approximate surface area is 131 Å². The molecule has 2 bridgehead atoms. The molecule has 7 nitrogen and oxygen atoms in total. The highest BCUT2D eigenvalue weighted by Gasteiger charge is 2.47. The number of nitrogens with zero attached hydrogens (tertiary/aromatic N) is 4. The summed E-state index contributed by atoms with van der Waals surface area (Å²) in [5.41, 5.74) is 1.24. The first-order chi connectivity index (χ1) is 10.6. The Balaban J connectivity index is 1.54. The summed E-state index contributed by atoms with van der Waals surface area (Å²) in [5.74, 6) is 1.49. The quantitative estimate of drug-likeness (QED) is 0.820. The van der Waals surface area contributed by atoms with Crippen LogP contribution in [0.4, 0.5) is 10.6 Å². The molecule has 2 aromatic rings. The van der Waals surface area contributed by atoms with E-state index in [0.717, 1.165) is 25.3 Å². The van der Waals surface area contributed by atoms with Crippen molar-refractivity contribution in [2.75, 3.05) is 18.0 Å². The van der Waals surface area contributed by atoms with Gasteiger partial charge in [0.1, 0.15) is 16.5 Å². The van der Waals surface area contributed by atoms with E-state index >= 15 is 0 Å². The van der Waals surface area contributed by atoms with Gasteiger partial charge in [-0.2, -0.15) is 0 Å². The van der Waals surface area contributed by atoms with E-state index in [1.165, 1.54) is 0 Å². The minimum atomic E-state index is -0.943. The third kappa shape index (κ3) is 2.21. The van der Waals surface area contributed by atoms with E-state index in [1.54, 1.807) is 18.3 Å². The fourth-order valence-electron chi connectivity index (χ4n) is 3.48. The number of fused-ring (bicyclic) bond motifs is 3. The van der Waals surface area contributed by atoms with Gasteiger partial charge in [-0.25, -0.2) is 19.7 Å². The summed E-state index contributed by atoms with van der Waals surface area (Å²) in [4.78, 5) is 26.0. The highest BCUT2D eigenvalue weighted by Crippen LogP contribution is 2.41. The number of hydrogen-bond donors (Lipinski definition) is 2. The lowest BCUT2D eigenvalue weighted by molar-refractivity contribution is 0.0808. The van der Waals surface area contributed by atoms with Crippen molar-refractivity contribution in [2.45, 2.75) is 12.5 Å². The molecule has 2 N–H and O–H groups in total. The molecule has 0 aromatic carbocycles. The summed E-state index contributed by atoms with van der Waals surface area (Å²) in [7, 11) is 0. The van der Waals surface area contributed by atoms with E-state index in [-0.39, 0.29) is 6.04 Å². The van der Waals surface area contributed by atoms with Crippen LogP contribution in [0, 0.1) is 11.8 Å². The zero-order chi connectivity index (χ0) is 15.3. The van der Waals surface area contributed by atoms with Crippen LogP contribution in [0.1, 0.15) is 6.42 Å². The first-order valence-corrected chi connectivity index (χ1v) is 7.51. The SMILES string of the molecule is O=C(O)N[C@H]1[C@@H]2C[C@H]1CN(c1cnc3nc(Cl)ccc3n1)C2. The van der Waals surface area contributed by atoms with E-state index in [4.69, 9.17) is 16.7 Å². The maximum absolute atomic E-state index is 10.8. The number of hydrogen-bond acceptors (Lipinski definition) is 5. The molecule has 2 aliphatic heterocycles. The number of carboxylic acid groups (broad SMARTS) is 1. The van der Waals surface area contributed by atoms with Gasteiger partial charge in [0.2, 0.25) is 0 Å². The molecule has 1 aliphatic carbocycles. The van der Waals surface area contributed by atoms with Crippen molar-refractivity contribution in [2.24, 2.45) is 11.8 Å². The van der Waals surface area contributed by atoms with Crippen LogP contribution in [-0.4, -0.2) is 45.3 Å². The summed E-state index contributed by atoms with van der Waals surface area (Å²) >= 11 is 5.85. The van der Waals surface area contributed by atoms with Crippen LogP contribution in [0.25, 0.3) is 11.2 Å². The molecule has 8 heteroatoms. The average molecular weight is 320 g/mol. The van der Waals surface area contributed by atoms with Crippen LogP contribution < -0.4 is 10.2 Å². The molecule has 1 amide bonds. The van der Waals surface area contributed by atoms with Gasteiger partial charge in [-0.3, -0.25) is 0 Å². The Morgan fingerprint density at radius 2 is 2.09 bits per heavy atom. The van der Waals surface area contributed by atoms with E-state index in [2.05, 4.69) is 25.2 Å². The lowest BCUT2D eigenvalue weighted by Crippen LogP contribution is -2.64. The van der Waals surface area contributed by atoms with Crippen molar-refractivity contribution >= 4 is 34.7 Å². The molecule has 2 aromatic heterocycles. The topological polar surface area (TPSA) is 91.2 Å². The lowest BCUT2D eigenvalue weighted by atomic mass is 9.66. The van der Waals surface area contributed by atoms with Crippen LogP contribution in [0.15, 0.2) is 18.3 Å². The minimum absolute atomic E-state index is 0.0719. The van der Waals surface area contributed by atoms with Crippen LogP contribution in [0.2, 0.25) is 5.15 Å². The highest BCUT2D eigenvalue weighted by molar-refractivity contribution is 6.29. The van der Waals surface area contributed by atoms with E-state index < -0.39 is 6.09 Å². The van der Waals surface area contributed by atoms with Crippen molar-refractivity contribution in [3.63, 3.8) is 0 Å². The van der Waals surface area contributed by atoms with Gasteiger partial charge in [0.05, 0.1) is 6.20 Å². The monoisotopic (exact) mass is 319 g/mol. The van der Waals surface area contributed by atoms with Gasteiger partial charge in [-0.15, -0.1) is 0 Å². The molecule has 5 rings (SSSR count). The number of pyridine rings is 1. The van der Waals surface area contributed by atoms with Crippen molar-refractivity contribution in [3.05, 3.63) is 23.5 Å². The highest BCUT2D eigenvalue weighted by atomic mass is 35.5. The molecule has 3 aliphatic rings. The molecule has 0 radical (unpaired) electrons. The number of aromatic nitrogens is 3. The third-order valence-corrected chi connectivity index (χ3v) is 4.71.